The Labute approximate surface area is 107 Å². The molecule has 1 fully saturated rings. The number of nitrogens with zero attached hydrogens (tertiary/aromatic N) is 1. The van der Waals surface area contributed by atoms with Gasteiger partial charge in [0, 0.05) is 20.7 Å². The Kier molecular flexibility index (Phi) is 5.40. The molecule has 104 valence electrons. The summed E-state index contributed by atoms with van der Waals surface area (Å²) in [4.78, 5) is 23.6. The van der Waals surface area contributed by atoms with Gasteiger partial charge in [-0.25, -0.2) is 4.79 Å². The zero-order valence-corrected chi connectivity index (χ0v) is 11.2. The fourth-order valence-electron chi connectivity index (χ4n) is 1.98. The first-order chi connectivity index (χ1) is 8.45. The monoisotopic (exact) mass is 258 g/mol. The van der Waals surface area contributed by atoms with Crippen LogP contribution in [-0.2, 0) is 9.53 Å². The molecule has 0 radical (unpaired) electrons. The molecule has 0 spiro atoms. The molecule has 6 nitrogen and oxygen atoms in total. The van der Waals surface area contributed by atoms with Crippen LogP contribution in [0.3, 0.4) is 0 Å². The quantitative estimate of drug-likeness (QED) is 0.711. The molecule has 0 aliphatic heterocycles. The van der Waals surface area contributed by atoms with E-state index in [0.717, 1.165) is 12.8 Å². The van der Waals surface area contributed by atoms with Crippen LogP contribution in [0.5, 0.6) is 0 Å². The summed E-state index contributed by atoms with van der Waals surface area (Å²) >= 11 is 0. The van der Waals surface area contributed by atoms with Crippen molar-refractivity contribution < 1.29 is 19.4 Å². The Morgan fingerprint density at radius 1 is 1.50 bits per heavy atom. The minimum absolute atomic E-state index is 0.0434. The van der Waals surface area contributed by atoms with Crippen LogP contribution < -0.4 is 5.32 Å². The van der Waals surface area contributed by atoms with Gasteiger partial charge in [-0.1, -0.05) is 0 Å². The van der Waals surface area contributed by atoms with Crippen molar-refractivity contribution in [3.63, 3.8) is 0 Å². The summed E-state index contributed by atoms with van der Waals surface area (Å²) in [6.07, 6.45) is 2.29. The summed E-state index contributed by atoms with van der Waals surface area (Å²) in [5.74, 6) is -0.370. The van der Waals surface area contributed by atoms with Gasteiger partial charge >= 0.3 is 12.0 Å². The minimum atomic E-state index is -0.907. The number of methoxy groups -OCH3 is 1. The summed E-state index contributed by atoms with van der Waals surface area (Å²) < 4.78 is 5.39. The first kappa shape index (κ1) is 14.8. The molecule has 0 aromatic heterocycles. The van der Waals surface area contributed by atoms with Crippen LogP contribution in [0.4, 0.5) is 4.79 Å². The van der Waals surface area contributed by atoms with E-state index in [9.17, 15) is 9.59 Å². The molecule has 2 atom stereocenters. The van der Waals surface area contributed by atoms with Crippen molar-refractivity contribution in [2.75, 3.05) is 20.7 Å². The third kappa shape index (κ3) is 4.52. The van der Waals surface area contributed by atoms with E-state index in [4.69, 9.17) is 9.84 Å². The van der Waals surface area contributed by atoms with Crippen LogP contribution in [0, 0.1) is 5.92 Å². The van der Waals surface area contributed by atoms with Crippen LogP contribution in [0.1, 0.15) is 26.2 Å². The molecule has 1 rings (SSSR count). The molecule has 2 unspecified atom stereocenters. The van der Waals surface area contributed by atoms with Gasteiger partial charge in [0.25, 0.3) is 0 Å². The maximum absolute atomic E-state index is 11.8. The Hall–Kier alpha value is -1.30. The summed E-state index contributed by atoms with van der Waals surface area (Å²) in [5.41, 5.74) is 0. The third-order valence-corrected chi connectivity index (χ3v) is 3.21. The molecular weight excluding hydrogens is 236 g/mol. The maximum Gasteiger partial charge on any atom is 0.317 e. The second-order valence-corrected chi connectivity index (χ2v) is 4.84. The van der Waals surface area contributed by atoms with E-state index in [1.807, 2.05) is 6.92 Å². The van der Waals surface area contributed by atoms with Gasteiger partial charge < -0.3 is 20.1 Å². The lowest BCUT2D eigenvalue weighted by atomic mass is 10.1. The minimum Gasteiger partial charge on any atom is -0.481 e. The van der Waals surface area contributed by atoms with E-state index >= 15 is 0 Å². The molecule has 6 heteroatoms. The summed E-state index contributed by atoms with van der Waals surface area (Å²) in [6.45, 7) is 2.12. The predicted octanol–water partition coefficient (Wildman–Crippen LogP) is 0.916. The van der Waals surface area contributed by atoms with Gasteiger partial charge in [-0.15, -0.1) is 0 Å². The molecule has 1 aliphatic carbocycles. The highest BCUT2D eigenvalue weighted by Crippen LogP contribution is 2.35. The summed E-state index contributed by atoms with van der Waals surface area (Å²) in [6, 6.07) is -0.325. The van der Waals surface area contributed by atoms with Crippen LogP contribution in [0.15, 0.2) is 0 Å². The van der Waals surface area contributed by atoms with E-state index in [-0.39, 0.29) is 31.1 Å². The fraction of sp³-hybridized carbons (Fsp3) is 0.833. The zero-order chi connectivity index (χ0) is 13.7. The SMILES string of the molecule is COC(C1CC1)C(C)NC(=O)N(C)CCC(=O)O. The van der Waals surface area contributed by atoms with Crippen molar-refractivity contribution in [2.45, 2.75) is 38.3 Å². The van der Waals surface area contributed by atoms with Crippen LogP contribution >= 0.6 is 0 Å². The lowest BCUT2D eigenvalue weighted by molar-refractivity contribution is -0.137. The molecule has 0 bridgehead atoms. The van der Waals surface area contributed by atoms with Gasteiger partial charge in [0.2, 0.25) is 0 Å². The van der Waals surface area contributed by atoms with Crippen molar-refractivity contribution in [3.8, 4) is 0 Å². The number of carboxylic acid groups (broad SMARTS) is 1. The normalized spacial score (nSPS) is 17.9. The molecule has 0 aromatic carbocycles. The number of urea groups is 1. The average molecular weight is 258 g/mol. The van der Waals surface area contributed by atoms with Gasteiger partial charge in [-0.2, -0.15) is 0 Å². The molecule has 1 saturated carbocycles. The van der Waals surface area contributed by atoms with Crippen molar-refractivity contribution in [2.24, 2.45) is 5.92 Å². The summed E-state index contributed by atoms with van der Waals surface area (Å²) in [7, 11) is 3.24. The van der Waals surface area contributed by atoms with Crippen LogP contribution in [0.25, 0.3) is 0 Å². The van der Waals surface area contributed by atoms with Crippen molar-refractivity contribution in [1.29, 1.82) is 0 Å². The van der Waals surface area contributed by atoms with E-state index in [0.29, 0.717) is 5.92 Å². The fourth-order valence-corrected chi connectivity index (χ4v) is 1.98. The highest BCUT2D eigenvalue weighted by Gasteiger charge is 2.35. The Morgan fingerprint density at radius 2 is 2.11 bits per heavy atom. The number of carbonyl (C=O) groups is 2. The molecule has 18 heavy (non-hydrogen) atoms. The van der Waals surface area contributed by atoms with Gasteiger partial charge in [0.15, 0.2) is 0 Å². The third-order valence-electron chi connectivity index (χ3n) is 3.21. The smallest absolute Gasteiger partial charge is 0.317 e. The lowest BCUT2D eigenvalue weighted by Gasteiger charge is -2.26. The molecule has 0 aromatic rings. The molecule has 0 saturated heterocycles. The number of hydrogen-bond donors (Lipinski definition) is 2. The molecule has 0 heterocycles. The largest absolute Gasteiger partial charge is 0.481 e. The van der Waals surface area contributed by atoms with Crippen molar-refractivity contribution in [1.82, 2.24) is 10.2 Å². The molecular formula is C12H22N2O4. The zero-order valence-electron chi connectivity index (χ0n) is 11.2. The summed E-state index contributed by atoms with van der Waals surface area (Å²) in [5, 5.41) is 11.4. The Bertz CT molecular complexity index is 304. The lowest BCUT2D eigenvalue weighted by Crippen LogP contribution is -2.48. The van der Waals surface area contributed by atoms with Gasteiger partial charge in [-0.3, -0.25) is 4.79 Å². The standard InChI is InChI=1S/C12H22N2O4/c1-8(11(18-3)9-4-5-9)13-12(17)14(2)7-6-10(15)16/h8-9,11H,4-7H2,1-3H3,(H,13,17)(H,15,16). The van der Waals surface area contributed by atoms with E-state index < -0.39 is 5.97 Å². The van der Waals surface area contributed by atoms with Gasteiger partial charge in [0.05, 0.1) is 18.6 Å². The number of ether oxygens (including phenoxy) is 1. The number of aliphatic carboxylic acids is 1. The van der Waals surface area contributed by atoms with Gasteiger partial charge in [0.1, 0.15) is 0 Å². The van der Waals surface area contributed by atoms with E-state index in [1.54, 1.807) is 14.2 Å². The number of nitrogens with one attached hydrogen (secondary N) is 1. The number of carboxylic acids is 1. The van der Waals surface area contributed by atoms with E-state index in [1.165, 1.54) is 4.90 Å². The number of carbonyl (C=O) groups excluding carboxylic acids is 1. The second-order valence-electron chi connectivity index (χ2n) is 4.84. The second kappa shape index (κ2) is 6.58. The van der Waals surface area contributed by atoms with Crippen LogP contribution in [0.2, 0.25) is 0 Å². The molecule has 2 N–H and O–H groups in total. The predicted molar refractivity (Wildman–Crippen MR) is 66.4 cm³/mol. The highest BCUT2D eigenvalue weighted by molar-refractivity contribution is 5.75. The first-order valence-electron chi connectivity index (χ1n) is 6.22. The first-order valence-corrected chi connectivity index (χ1v) is 6.22. The average Bonchev–Trinajstić information content (AvgIpc) is 3.11. The van der Waals surface area contributed by atoms with Gasteiger partial charge in [-0.05, 0) is 25.7 Å². The topological polar surface area (TPSA) is 78.9 Å². The molecule has 1 aliphatic rings. The maximum atomic E-state index is 11.8. The molecule has 2 amide bonds. The van der Waals surface area contributed by atoms with E-state index in [2.05, 4.69) is 5.32 Å². The van der Waals surface area contributed by atoms with Crippen LogP contribution in [-0.4, -0.2) is 54.9 Å². The van der Waals surface area contributed by atoms with Crippen molar-refractivity contribution in [3.05, 3.63) is 0 Å². The number of hydrogen-bond acceptors (Lipinski definition) is 3. The Balaban J connectivity index is 2.35. The van der Waals surface area contributed by atoms with Crippen molar-refractivity contribution >= 4 is 12.0 Å². The number of amides is 2. The Morgan fingerprint density at radius 3 is 2.56 bits per heavy atom. The highest BCUT2D eigenvalue weighted by atomic mass is 16.5. The number of rotatable bonds is 7.